The number of nitrogens with zero attached hydrogens (tertiary/aromatic N) is 2. The highest BCUT2D eigenvalue weighted by Crippen LogP contribution is 2.37. The van der Waals surface area contributed by atoms with Crippen LogP contribution in [-0.4, -0.2) is 24.2 Å². The second kappa shape index (κ2) is 9.81. The third-order valence-electron chi connectivity index (χ3n) is 5.73. The largest absolute Gasteiger partial charge is 0.493 e. The van der Waals surface area contributed by atoms with Gasteiger partial charge in [-0.05, 0) is 53.9 Å². The molecule has 0 radical (unpaired) electrons. The lowest BCUT2D eigenvalue weighted by atomic mass is 10.1. The molecule has 0 atom stereocenters. The number of rotatable bonds is 7. The highest BCUT2D eigenvalue weighted by Gasteiger charge is 2.14. The molecule has 35 heavy (non-hydrogen) atoms. The molecular formula is C29H23FN2O3. The Hall–Kier alpha value is -4.45. The van der Waals surface area contributed by atoms with E-state index in [0.717, 1.165) is 12.0 Å². The number of hydrogen-bond donors (Lipinski definition) is 0. The van der Waals surface area contributed by atoms with Crippen LogP contribution in [0.2, 0.25) is 0 Å². The molecule has 0 bridgehead atoms. The molecule has 5 aromatic rings. The molecule has 0 fully saturated rings. The quantitative estimate of drug-likeness (QED) is 0.263. The van der Waals surface area contributed by atoms with Crippen molar-refractivity contribution >= 4 is 10.9 Å². The van der Waals surface area contributed by atoms with E-state index in [2.05, 4.69) is 22.1 Å². The van der Waals surface area contributed by atoms with Gasteiger partial charge in [-0.2, -0.15) is 0 Å². The molecule has 6 heteroatoms. The van der Waals surface area contributed by atoms with E-state index in [9.17, 15) is 0 Å². The number of methoxy groups -OCH3 is 2. The fourth-order valence-corrected chi connectivity index (χ4v) is 3.93. The van der Waals surface area contributed by atoms with Gasteiger partial charge >= 0.3 is 0 Å². The summed E-state index contributed by atoms with van der Waals surface area (Å²) in [5, 5.41) is 0.685. The van der Waals surface area contributed by atoms with Crippen molar-refractivity contribution in [2.45, 2.75) is 6.42 Å². The number of halogens is 1. The molecule has 0 aliphatic heterocycles. The van der Waals surface area contributed by atoms with E-state index < -0.39 is 5.82 Å². The van der Waals surface area contributed by atoms with Gasteiger partial charge in [-0.25, -0.2) is 4.39 Å². The Morgan fingerprint density at radius 1 is 0.714 bits per heavy atom. The summed E-state index contributed by atoms with van der Waals surface area (Å²) >= 11 is 0. The van der Waals surface area contributed by atoms with Crippen LogP contribution in [0.1, 0.15) is 11.1 Å². The number of ether oxygens (including phenoxy) is 3. The van der Waals surface area contributed by atoms with Gasteiger partial charge in [-0.15, -0.1) is 0 Å². The summed E-state index contributed by atoms with van der Waals surface area (Å²) in [5.74, 6) is 1.18. The first kappa shape index (κ1) is 22.3. The molecule has 174 valence electrons. The number of benzene rings is 3. The lowest BCUT2D eigenvalue weighted by Crippen LogP contribution is -1.95. The molecule has 0 aliphatic rings. The van der Waals surface area contributed by atoms with Gasteiger partial charge in [0.05, 0.1) is 25.4 Å². The first-order valence-electron chi connectivity index (χ1n) is 11.1. The van der Waals surface area contributed by atoms with Crippen molar-refractivity contribution in [2.75, 3.05) is 14.2 Å². The molecule has 0 spiro atoms. The van der Waals surface area contributed by atoms with Crippen LogP contribution in [0, 0.1) is 5.82 Å². The van der Waals surface area contributed by atoms with Gasteiger partial charge in [0.15, 0.2) is 23.1 Å². The summed E-state index contributed by atoms with van der Waals surface area (Å²) < 4.78 is 31.7. The van der Waals surface area contributed by atoms with E-state index in [4.69, 9.17) is 14.2 Å². The van der Waals surface area contributed by atoms with Gasteiger partial charge in [0.2, 0.25) is 0 Å². The summed E-state index contributed by atoms with van der Waals surface area (Å²) in [6, 6.07) is 24.2. The summed E-state index contributed by atoms with van der Waals surface area (Å²) in [7, 11) is 3.12. The SMILES string of the molecule is COc1cc2nccc(Oc3ccc(-c4ccc(Cc5ccccc5)cn4)cc3F)c2cc1OC. The molecule has 2 aromatic heterocycles. The normalized spacial score (nSPS) is 10.8. The molecule has 5 nitrogen and oxygen atoms in total. The van der Waals surface area contributed by atoms with E-state index in [1.807, 2.05) is 36.5 Å². The predicted octanol–water partition coefficient (Wildman–Crippen LogP) is 6.84. The molecule has 0 N–H and O–H groups in total. The van der Waals surface area contributed by atoms with Crippen LogP contribution >= 0.6 is 0 Å². The molecule has 2 heterocycles. The molecule has 0 unspecified atom stereocenters. The third kappa shape index (κ3) is 4.77. The number of hydrogen-bond acceptors (Lipinski definition) is 5. The van der Waals surface area contributed by atoms with E-state index in [1.54, 1.807) is 50.7 Å². The summed E-state index contributed by atoms with van der Waals surface area (Å²) in [6.45, 7) is 0. The van der Waals surface area contributed by atoms with Crippen molar-refractivity contribution in [1.82, 2.24) is 9.97 Å². The first-order chi connectivity index (χ1) is 17.1. The maximum Gasteiger partial charge on any atom is 0.166 e. The fourth-order valence-electron chi connectivity index (χ4n) is 3.93. The van der Waals surface area contributed by atoms with Crippen molar-refractivity contribution < 1.29 is 18.6 Å². The van der Waals surface area contributed by atoms with Gasteiger partial charge in [0.1, 0.15) is 5.75 Å². The molecule has 0 saturated heterocycles. The van der Waals surface area contributed by atoms with Crippen molar-refractivity contribution in [3.63, 3.8) is 0 Å². The fraction of sp³-hybridized carbons (Fsp3) is 0.103. The zero-order chi connectivity index (χ0) is 24.2. The Bertz CT molecular complexity index is 1470. The number of pyridine rings is 2. The lowest BCUT2D eigenvalue weighted by Gasteiger charge is -2.13. The van der Waals surface area contributed by atoms with Crippen LogP contribution in [0.15, 0.2) is 91.3 Å². The second-order valence-electron chi connectivity index (χ2n) is 7.99. The van der Waals surface area contributed by atoms with E-state index in [1.165, 1.54) is 11.6 Å². The smallest absolute Gasteiger partial charge is 0.166 e. The summed E-state index contributed by atoms with van der Waals surface area (Å²) in [5.41, 5.74) is 4.33. The topological polar surface area (TPSA) is 53.5 Å². The standard InChI is InChI=1S/C29H23FN2O3/c1-33-28-16-22-25(17-29(28)34-2)31-13-12-26(22)35-27-11-9-21(15-23(27)30)24-10-8-20(18-32-24)14-19-6-4-3-5-7-19/h3-13,15-18H,14H2,1-2H3. The van der Waals surface area contributed by atoms with Crippen molar-refractivity contribution in [2.24, 2.45) is 0 Å². The summed E-state index contributed by atoms with van der Waals surface area (Å²) in [6.07, 6.45) is 4.23. The highest BCUT2D eigenvalue weighted by atomic mass is 19.1. The predicted molar refractivity (Wildman–Crippen MR) is 134 cm³/mol. The Balaban J connectivity index is 1.38. The molecular weight excluding hydrogens is 443 g/mol. The minimum absolute atomic E-state index is 0.108. The molecule has 0 aliphatic carbocycles. The van der Waals surface area contributed by atoms with Crippen LogP contribution in [0.5, 0.6) is 23.0 Å². The van der Waals surface area contributed by atoms with Crippen molar-refractivity contribution in [1.29, 1.82) is 0 Å². The van der Waals surface area contributed by atoms with Crippen LogP contribution < -0.4 is 14.2 Å². The van der Waals surface area contributed by atoms with Gasteiger partial charge in [-0.3, -0.25) is 9.97 Å². The van der Waals surface area contributed by atoms with E-state index >= 15 is 4.39 Å². The Kier molecular flexibility index (Phi) is 6.26. The van der Waals surface area contributed by atoms with Crippen LogP contribution in [0.4, 0.5) is 4.39 Å². The average Bonchev–Trinajstić information content (AvgIpc) is 2.90. The monoisotopic (exact) mass is 466 g/mol. The average molecular weight is 467 g/mol. The van der Waals surface area contributed by atoms with Crippen LogP contribution in [0.3, 0.4) is 0 Å². The minimum atomic E-state index is -0.483. The van der Waals surface area contributed by atoms with Gasteiger partial charge < -0.3 is 14.2 Å². The maximum absolute atomic E-state index is 15.0. The first-order valence-corrected chi connectivity index (χ1v) is 11.1. The number of aromatic nitrogens is 2. The molecule has 0 amide bonds. The third-order valence-corrected chi connectivity index (χ3v) is 5.73. The van der Waals surface area contributed by atoms with Crippen molar-refractivity contribution in [3.8, 4) is 34.3 Å². The molecule has 3 aromatic carbocycles. The summed E-state index contributed by atoms with van der Waals surface area (Å²) in [4.78, 5) is 8.89. The zero-order valence-electron chi connectivity index (χ0n) is 19.4. The van der Waals surface area contributed by atoms with Gasteiger partial charge in [0.25, 0.3) is 0 Å². The maximum atomic E-state index is 15.0. The van der Waals surface area contributed by atoms with E-state index in [0.29, 0.717) is 39.4 Å². The van der Waals surface area contributed by atoms with Gasteiger partial charge in [-0.1, -0.05) is 36.4 Å². The highest BCUT2D eigenvalue weighted by molar-refractivity contribution is 5.88. The Morgan fingerprint density at radius 2 is 1.51 bits per heavy atom. The molecule has 0 saturated carbocycles. The second-order valence-corrected chi connectivity index (χ2v) is 7.99. The minimum Gasteiger partial charge on any atom is -0.493 e. The van der Waals surface area contributed by atoms with Crippen LogP contribution in [0.25, 0.3) is 22.2 Å². The molecule has 5 rings (SSSR count). The van der Waals surface area contributed by atoms with E-state index in [-0.39, 0.29) is 5.75 Å². The Labute approximate surface area is 202 Å². The van der Waals surface area contributed by atoms with Crippen molar-refractivity contribution in [3.05, 3.63) is 108 Å². The number of fused-ring (bicyclic) bond motifs is 1. The zero-order valence-corrected chi connectivity index (χ0v) is 19.4. The lowest BCUT2D eigenvalue weighted by molar-refractivity contribution is 0.355. The van der Waals surface area contributed by atoms with Crippen LogP contribution in [-0.2, 0) is 6.42 Å². The Morgan fingerprint density at radius 3 is 2.23 bits per heavy atom. The van der Waals surface area contributed by atoms with Gasteiger partial charge in [0, 0.05) is 29.4 Å².